The van der Waals surface area contributed by atoms with Gasteiger partial charge < -0.3 is 9.64 Å². The summed E-state index contributed by atoms with van der Waals surface area (Å²) < 4.78 is 34.1. The Kier molecular flexibility index (Phi) is 6.51. The first kappa shape index (κ1) is 25.8. The number of amides is 1. The molecule has 4 aliphatic rings. The van der Waals surface area contributed by atoms with Crippen LogP contribution in [0, 0.1) is 29.4 Å². The van der Waals surface area contributed by atoms with Gasteiger partial charge in [-0.2, -0.15) is 0 Å². The number of ether oxygens (including phenoxy) is 1. The van der Waals surface area contributed by atoms with Crippen molar-refractivity contribution in [1.29, 1.82) is 0 Å². The Morgan fingerprint density at radius 3 is 2.50 bits per heavy atom. The molecule has 40 heavy (non-hydrogen) atoms. The van der Waals surface area contributed by atoms with E-state index in [0.717, 1.165) is 61.2 Å². The first-order valence-corrected chi connectivity index (χ1v) is 14.7. The lowest BCUT2D eigenvalue weighted by Gasteiger charge is -2.51. The monoisotopic (exact) mass is 542 g/mol. The fraction of sp³-hybridized carbons (Fsp3) is 0.441. The minimum Gasteiger partial charge on any atom is -0.373 e. The number of anilines is 1. The fourth-order valence-corrected chi connectivity index (χ4v) is 8.43. The van der Waals surface area contributed by atoms with Gasteiger partial charge in [-0.05, 0) is 97.0 Å². The van der Waals surface area contributed by atoms with Crippen LogP contribution < -0.4 is 4.90 Å². The van der Waals surface area contributed by atoms with Gasteiger partial charge in [0, 0.05) is 18.3 Å². The second-order valence-electron chi connectivity index (χ2n) is 12.3. The number of hydrogen-bond donors (Lipinski definition) is 0. The number of carbonyl (C=O) groups excluding carboxylic acids is 1. The lowest BCUT2D eigenvalue weighted by atomic mass is 9.62. The summed E-state index contributed by atoms with van der Waals surface area (Å²) in [6.07, 6.45) is 4.06. The molecule has 3 heterocycles. The normalized spacial score (nSPS) is 31.3. The minimum absolute atomic E-state index is 0.129. The molecule has 1 aliphatic carbocycles. The number of para-hydroxylation sites is 1. The molecule has 3 aromatic rings. The van der Waals surface area contributed by atoms with Crippen LogP contribution in [-0.2, 0) is 28.1 Å². The van der Waals surface area contributed by atoms with Gasteiger partial charge in [-0.1, -0.05) is 49.4 Å². The third kappa shape index (κ3) is 4.19. The van der Waals surface area contributed by atoms with Crippen LogP contribution in [-0.4, -0.2) is 36.0 Å². The predicted octanol–water partition coefficient (Wildman–Crippen LogP) is 6.48. The topological polar surface area (TPSA) is 32.8 Å². The number of piperidine rings is 1. The smallest absolute Gasteiger partial charge is 0.239 e. The van der Waals surface area contributed by atoms with E-state index in [-0.39, 0.29) is 29.7 Å². The Labute approximate surface area is 234 Å². The number of fused-ring (bicyclic) bond motifs is 5. The summed E-state index contributed by atoms with van der Waals surface area (Å²) in [6.45, 7) is 5.06. The molecule has 3 aromatic carbocycles. The predicted molar refractivity (Wildman–Crippen MR) is 151 cm³/mol. The molecule has 7 rings (SSSR count). The molecule has 0 unspecified atom stereocenters. The van der Waals surface area contributed by atoms with Crippen LogP contribution in [0.1, 0.15) is 49.3 Å². The molecule has 0 bridgehead atoms. The van der Waals surface area contributed by atoms with E-state index >= 15 is 0 Å². The molecule has 3 fully saturated rings. The van der Waals surface area contributed by atoms with Crippen LogP contribution in [0.3, 0.4) is 0 Å². The molecule has 208 valence electrons. The van der Waals surface area contributed by atoms with Crippen LogP contribution in [0.5, 0.6) is 0 Å². The third-order valence-corrected chi connectivity index (χ3v) is 10.3. The van der Waals surface area contributed by atoms with Gasteiger partial charge in [0.05, 0.1) is 24.7 Å². The van der Waals surface area contributed by atoms with E-state index in [1.165, 1.54) is 18.2 Å². The molecule has 2 saturated heterocycles. The molecule has 4 nitrogen and oxygen atoms in total. The van der Waals surface area contributed by atoms with E-state index < -0.39 is 5.41 Å². The zero-order valence-electron chi connectivity index (χ0n) is 22.9. The first-order valence-electron chi connectivity index (χ1n) is 14.7. The lowest BCUT2D eigenvalue weighted by molar-refractivity contribution is -0.126. The van der Waals surface area contributed by atoms with Crippen LogP contribution in [0.25, 0.3) is 0 Å². The van der Waals surface area contributed by atoms with E-state index in [9.17, 15) is 13.6 Å². The average Bonchev–Trinajstić information content (AvgIpc) is 3.44. The first-order chi connectivity index (χ1) is 19.4. The van der Waals surface area contributed by atoms with E-state index in [1.807, 2.05) is 29.2 Å². The summed E-state index contributed by atoms with van der Waals surface area (Å²) in [4.78, 5) is 19.0. The molecule has 0 N–H and O–H groups in total. The second-order valence-corrected chi connectivity index (χ2v) is 12.3. The van der Waals surface area contributed by atoms with Gasteiger partial charge in [-0.15, -0.1) is 0 Å². The fourth-order valence-electron chi connectivity index (χ4n) is 8.43. The number of rotatable bonds is 5. The number of halogens is 2. The maximum absolute atomic E-state index is 14.5. The van der Waals surface area contributed by atoms with Gasteiger partial charge >= 0.3 is 0 Å². The van der Waals surface area contributed by atoms with Crippen molar-refractivity contribution in [2.45, 2.75) is 63.3 Å². The van der Waals surface area contributed by atoms with Gasteiger partial charge in [0.15, 0.2) is 0 Å². The maximum Gasteiger partial charge on any atom is 0.239 e. The van der Waals surface area contributed by atoms with Crippen molar-refractivity contribution in [3.8, 4) is 0 Å². The summed E-state index contributed by atoms with van der Waals surface area (Å²) in [5, 5.41) is 0. The van der Waals surface area contributed by atoms with Crippen molar-refractivity contribution < 1.29 is 18.3 Å². The van der Waals surface area contributed by atoms with Gasteiger partial charge in [-0.25, -0.2) is 8.78 Å². The van der Waals surface area contributed by atoms with E-state index in [2.05, 4.69) is 24.0 Å². The second kappa shape index (κ2) is 10.1. The maximum atomic E-state index is 14.5. The zero-order chi connectivity index (χ0) is 27.4. The molecule has 0 radical (unpaired) electrons. The molecular weight excluding hydrogens is 506 g/mol. The van der Waals surface area contributed by atoms with Crippen molar-refractivity contribution in [2.24, 2.45) is 17.8 Å². The van der Waals surface area contributed by atoms with Crippen molar-refractivity contribution in [3.05, 3.63) is 101 Å². The molecule has 0 aromatic heterocycles. The Balaban J connectivity index is 1.14. The highest BCUT2D eigenvalue weighted by Crippen LogP contribution is 2.56. The summed E-state index contributed by atoms with van der Waals surface area (Å²) in [5.41, 5.74) is 3.20. The highest BCUT2D eigenvalue weighted by molar-refractivity contribution is 6.09. The van der Waals surface area contributed by atoms with Gasteiger partial charge in [-0.3, -0.25) is 9.69 Å². The van der Waals surface area contributed by atoms with Crippen molar-refractivity contribution in [2.75, 3.05) is 18.0 Å². The van der Waals surface area contributed by atoms with Gasteiger partial charge in [0.2, 0.25) is 5.91 Å². The molecule has 1 saturated carbocycles. The van der Waals surface area contributed by atoms with Crippen LogP contribution in [0.4, 0.5) is 14.5 Å². The Morgan fingerprint density at radius 2 is 1.70 bits per heavy atom. The quantitative estimate of drug-likeness (QED) is 0.370. The van der Waals surface area contributed by atoms with Gasteiger partial charge in [0.25, 0.3) is 0 Å². The standard InChI is InChI=1S/C34H36F2N2O2/c1-22-28-18-32-34(29-10-2-3-11-30(29)38(33(34)39)19-23-6-4-8-26(35)16-23)14-15-37(32)20-25(28)12-13-31(22)40-21-24-7-5-9-27(36)17-24/h2-11,16-17,22,25,28,31-32H,12-15,18-21H2,1H3/t22-,25+,28-,31+,32+,34+/m1/s1. The Hall–Kier alpha value is -3.09. The molecule has 1 spiro atoms. The highest BCUT2D eigenvalue weighted by Gasteiger charge is 2.62. The molecular formula is C34H36F2N2O2. The van der Waals surface area contributed by atoms with Crippen LogP contribution in [0.15, 0.2) is 72.8 Å². The number of nitrogens with zero attached hydrogens (tertiary/aromatic N) is 2. The molecule has 1 amide bonds. The largest absolute Gasteiger partial charge is 0.373 e. The minimum atomic E-state index is -0.566. The Bertz CT molecular complexity index is 1430. The number of hydrogen-bond acceptors (Lipinski definition) is 3. The molecule has 3 aliphatic heterocycles. The summed E-state index contributed by atoms with van der Waals surface area (Å²) >= 11 is 0. The number of carbonyl (C=O) groups is 1. The molecule has 6 atom stereocenters. The van der Waals surface area contributed by atoms with Crippen molar-refractivity contribution >= 4 is 11.6 Å². The van der Waals surface area contributed by atoms with Gasteiger partial charge in [0.1, 0.15) is 11.6 Å². The Morgan fingerprint density at radius 1 is 0.950 bits per heavy atom. The third-order valence-electron chi connectivity index (χ3n) is 10.3. The van der Waals surface area contributed by atoms with Crippen molar-refractivity contribution in [3.63, 3.8) is 0 Å². The average molecular weight is 543 g/mol. The van der Waals surface area contributed by atoms with Crippen molar-refractivity contribution in [1.82, 2.24) is 4.90 Å². The SMILES string of the molecule is C[C@@H]1[C@H]2C[C@@H]3N(CC[C@@]34C(=O)N(Cc3cccc(F)c3)c3ccccc34)C[C@@H]2CC[C@@H]1OCc1cccc(F)c1. The summed E-state index contributed by atoms with van der Waals surface area (Å²) in [7, 11) is 0. The highest BCUT2D eigenvalue weighted by atomic mass is 19.1. The zero-order valence-corrected chi connectivity index (χ0v) is 22.9. The van der Waals surface area contributed by atoms with E-state index in [0.29, 0.717) is 30.9 Å². The summed E-state index contributed by atoms with van der Waals surface area (Å²) in [5.74, 6) is 1.08. The number of benzene rings is 3. The van der Waals surface area contributed by atoms with E-state index in [1.54, 1.807) is 18.2 Å². The van der Waals surface area contributed by atoms with Crippen LogP contribution >= 0.6 is 0 Å². The molecule has 6 heteroatoms. The summed E-state index contributed by atoms with van der Waals surface area (Å²) in [6, 6.07) is 21.6. The van der Waals surface area contributed by atoms with Crippen LogP contribution in [0.2, 0.25) is 0 Å². The van der Waals surface area contributed by atoms with E-state index in [4.69, 9.17) is 4.74 Å². The lowest BCUT2D eigenvalue weighted by Crippen LogP contribution is -2.57.